The van der Waals surface area contributed by atoms with E-state index >= 15 is 0 Å². The fourth-order valence-electron chi connectivity index (χ4n) is 2.08. The van der Waals surface area contributed by atoms with Crippen LogP contribution in [0.2, 0.25) is 0 Å². The Balaban J connectivity index is 2.60. The molecule has 0 aliphatic heterocycles. The van der Waals surface area contributed by atoms with E-state index in [1.54, 1.807) is 6.92 Å². The molecule has 0 aromatic carbocycles. The van der Waals surface area contributed by atoms with Gasteiger partial charge < -0.3 is 10.2 Å². The first-order valence-electron chi connectivity index (χ1n) is 5.36. The molecule has 1 aliphatic rings. The summed E-state index contributed by atoms with van der Waals surface area (Å²) in [6, 6.07) is 0.0243. The summed E-state index contributed by atoms with van der Waals surface area (Å²) in [4.78, 5) is 12.2. The summed E-state index contributed by atoms with van der Waals surface area (Å²) >= 11 is 0. The van der Waals surface area contributed by atoms with Gasteiger partial charge in [0.25, 0.3) is 0 Å². The lowest BCUT2D eigenvalue weighted by atomic mass is 9.94. The smallest absolute Gasteiger partial charge is 0.409 e. The minimum atomic E-state index is -0.994. The van der Waals surface area contributed by atoms with Gasteiger partial charge in [-0.15, -0.1) is 0 Å². The number of amides is 1. The summed E-state index contributed by atoms with van der Waals surface area (Å²) in [7, 11) is 0. The van der Waals surface area contributed by atoms with Crippen molar-refractivity contribution in [1.29, 1.82) is 0 Å². The van der Waals surface area contributed by atoms with Gasteiger partial charge in [-0.05, 0) is 19.3 Å². The standard InChI is InChI=1S/C10H19NO3/c1-2-9(12)11(10(13)14)8-6-4-3-5-7-8/h8-9,12H,2-7H2,1H3,(H,13,14)/t9-/m0/s1. The third kappa shape index (κ3) is 2.61. The van der Waals surface area contributed by atoms with Gasteiger partial charge in [0.15, 0.2) is 0 Å². The lowest BCUT2D eigenvalue weighted by Crippen LogP contribution is -2.47. The first kappa shape index (κ1) is 11.3. The van der Waals surface area contributed by atoms with Crippen LogP contribution in [0.1, 0.15) is 45.4 Å². The van der Waals surface area contributed by atoms with Crippen LogP contribution in [0.15, 0.2) is 0 Å². The number of aliphatic hydroxyl groups excluding tert-OH is 1. The minimum absolute atomic E-state index is 0.0243. The third-order valence-corrected chi connectivity index (χ3v) is 2.88. The van der Waals surface area contributed by atoms with Crippen molar-refractivity contribution in [2.24, 2.45) is 0 Å². The normalized spacial score (nSPS) is 20.4. The molecule has 1 amide bonds. The highest BCUT2D eigenvalue weighted by molar-refractivity contribution is 5.65. The predicted molar refractivity (Wildman–Crippen MR) is 53.0 cm³/mol. The second-order valence-corrected chi connectivity index (χ2v) is 3.87. The molecule has 0 radical (unpaired) electrons. The number of aliphatic hydroxyl groups is 1. The van der Waals surface area contributed by atoms with Crippen LogP contribution in [-0.4, -0.2) is 33.5 Å². The molecule has 0 saturated heterocycles. The largest absolute Gasteiger partial charge is 0.465 e. The maximum atomic E-state index is 11.0. The van der Waals surface area contributed by atoms with Gasteiger partial charge in [-0.3, -0.25) is 4.90 Å². The van der Waals surface area contributed by atoms with E-state index in [2.05, 4.69) is 0 Å². The van der Waals surface area contributed by atoms with E-state index in [1.165, 1.54) is 11.3 Å². The van der Waals surface area contributed by atoms with Gasteiger partial charge in [0, 0.05) is 6.04 Å². The predicted octanol–water partition coefficient (Wildman–Crippen LogP) is 2.03. The van der Waals surface area contributed by atoms with Gasteiger partial charge in [0.2, 0.25) is 0 Å². The van der Waals surface area contributed by atoms with Gasteiger partial charge in [0.05, 0.1) is 0 Å². The van der Waals surface area contributed by atoms with Crippen LogP contribution >= 0.6 is 0 Å². The summed E-state index contributed by atoms with van der Waals surface area (Å²) < 4.78 is 0. The Hall–Kier alpha value is -0.770. The first-order chi connectivity index (χ1) is 6.66. The molecule has 0 aromatic heterocycles. The minimum Gasteiger partial charge on any atom is -0.465 e. The van der Waals surface area contributed by atoms with Gasteiger partial charge >= 0.3 is 6.09 Å². The summed E-state index contributed by atoms with van der Waals surface area (Å²) in [6.45, 7) is 1.80. The van der Waals surface area contributed by atoms with Gasteiger partial charge in [-0.25, -0.2) is 4.79 Å². The Kier molecular flexibility index (Phi) is 4.20. The molecule has 82 valence electrons. The van der Waals surface area contributed by atoms with Crippen LogP contribution in [0.4, 0.5) is 4.79 Å². The summed E-state index contributed by atoms with van der Waals surface area (Å²) in [5.74, 6) is 0. The first-order valence-corrected chi connectivity index (χ1v) is 5.36. The Morgan fingerprint density at radius 1 is 1.43 bits per heavy atom. The zero-order chi connectivity index (χ0) is 10.6. The average Bonchev–Trinajstić information content (AvgIpc) is 2.19. The average molecular weight is 201 g/mol. The van der Waals surface area contributed by atoms with Gasteiger partial charge in [-0.2, -0.15) is 0 Å². The summed E-state index contributed by atoms with van der Waals surface area (Å²) in [6.07, 6.45) is 3.75. The fraction of sp³-hybridized carbons (Fsp3) is 0.900. The highest BCUT2D eigenvalue weighted by atomic mass is 16.4. The molecule has 1 fully saturated rings. The lowest BCUT2D eigenvalue weighted by molar-refractivity contribution is -0.0218. The monoisotopic (exact) mass is 201 g/mol. The van der Waals surface area contributed by atoms with E-state index < -0.39 is 12.3 Å². The lowest BCUT2D eigenvalue weighted by Gasteiger charge is -2.35. The zero-order valence-electron chi connectivity index (χ0n) is 8.65. The molecule has 1 atom stereocenters. The summed E-state index contributed by atoms with van der Waals surface area (Å²) in [5.41, 5.74) is 0. The van der Waals surface area contributed by atoms with E-state index in [-0.39, 0.29) is 6.04 Å². The molecule has 0 aromatic rings. The maximum Gasteiger partial charge on any atom is 0.409 e. The molecule has 0 spiro atoms. The maximum absolute atomic E-state index is 11.0. The number of hydrogen-bond donors (Lipinski definition) is 2. The third-order valence-electron chi connectivity index (χ3n) is 2.88. The number of rotatable bonds is 3. The Morgan fingerprint density at radius 3 is 2.43 bits per heavy atom. The van der Waals surface area contributed by atoms with E-state index in [0.717, 1.165) is 25.7 Å². The van der Waals surface area contributed by atoms with Gasteiger partial charge in [0.1, 0.15) is 6.23 Å². The molecule has 0 unspecified atom stereocenters. The molecular weight excluding hydrogens is 182 g/mol. The molecular formula is C10H19NO3. The van der Waals surface area contributed by atoms with Crippen molar-refractivity contribution in [3.8, 4) is 0 Å². The van der Waals surface area contributed by atoms with Crippen molar-refractivity contribution in [1.82, 2.24) is 4.90 Å². The number of hydrogen-bond acceptors (Lipinski definition) is 2. The zero-order valence-corrected chi connectivity index (χ0v) is 8.65. The highest BCUT2D eigenvalue weighted by Gasteiger charge is 2.29. The molecule has 4 nitrogen and oxygen atoms in total. The Bertz CT molecular complexity index is 190. The Morgan fingerprint density at radius 2 is 2.00 bits per heavy atom. The van der Waals surface area contributed by atoms with Crippen molar-refractivity contribution < 1.29 is 15.0 Å². The SMILES string of the molecule is CC[C@H](O)N(C(=O)O)C1CCCCC1. The van der Waals surface area contributed by atoms with Crippen LogP contribution in [0.5, 0.6) is 0 Å². The van der Waals surface area contributed by atoms with Crippen LogP contribution < -0.4 is 0 Å². The van der Waals surface area contributed by atoms with E-state index in [9.17, 15) is 9.90 Å². The van der Waals surface area contributed by atoms with Crippen LogP contribution in [-0.2, 0) is 0 Å². The van der Waals surface area contributed by atoms with Crippen LogP contribution in [0.25, 0.3) is 0 Å². The van der Waals surface area contributed by atoms with Crippen LogP contribution in [0, 0.1) is 0 Å². The molecule has 1 aliphatic carbocycles. The second-order valence-electron chi connectivity index (χ2n) is 3.87. The quantitative estimate of drug-likeness (QED) is 0.687. The molecule has 1 saturated carbocycles. The number of carbonyl (C=O) groups is 1. The van der Waals surface area contributed by atoms with E-state index in [1.807, 2.05) is 0 Å². The van der Waals surface area contributed by atoms with Crippen molar-refractivity contribution in [2.45, 2.75) is 57.7 Å². The van der Waals surface area contributed by atoms with Crippen LogP contribution in [0.3, 0.4) is 0 Å². The fourth-order valence-corrected chi connectivity index (χ4v) is 2.08. The van der Waals surface area contributed by atoms with Crippen molar-refractivity contribution >= 4 is 6.09 Å². The van der Waals surface area contributed by atoms with E-state index in [4.69, 9.17) is 5.11 Å². The highest BCUT2D eigenvalue weighted by Crippen LogP contribution is 2.24. The number of nitrogens with zero attached hydrogens (tertiary/aromatic N) is 1. The van der Waals surface area contributed by atoms with Crippen molar-refractivity contribution in [2.75, 3.05) is 0 Å². The summed E-state index contributed by atoms with van der Waals surface area (Å²) in [5, 5.41) is 18.6. The molecule has 14 heavy (non-hydrogen) atoms. The second kappa shape index (κ2) is 5.20. The molecule has 0 heterocycles. The van der Waals surface area contributed by atoms with Crippen molar-refractivity contribution in [3.63, 3.8) is 0 Å². The molecule has 2 N–H and O–H groups in total. The Labute approximate surface area is 84.5 Å². The molecule has 0 bridgehead atoms. The molecule has 1 rings (SSSR count). The van der Waals surface area contributed by atoms with E-state index in [0.29, 0.717) is 6.42 Å². The topological polar surface area (TPSA) is 60.8 Å². The van der Waals surface area contributed by atoms with Gasteiger partial charge in [-0.1, -0.05) is 26.2 Å². The number of carboxylic acid groups (broad SMARTS) is 1. The molecule has 4 heteroatoms. The van der Waals surface area contributed by atoms with Crippen molar-refractivity contribution in [3.05, 3.63) is 0 Å².